The summed E-state index contributed by atoms with van der Waals surface area (Å²) >= 11 is 5.99. The Morgan fingerprint density at radius 3 is 2.78 bits per heavy atom. The van der Waals surface area contributed by atoms with Crippen LogP contribution in [-0.4, -0.2) is 19.7 Å². The minimum Gasteiger partial charge on any atom is -0.495 e. The lowest BCUT2D eigenvalue weighted by molar-refractivity contribution is -0.137. The van der Waals surface area contributed by atoms with E-state index >= 15 is 0 Å². The molecule has 18 heavy (non-hydrogen) atoms. The van der Waals surface area contributed by atoms with E-state index in [1.807, 2.05) is 6.07 Å². The van der Waals surface area contributed by atoms with E-state index in [-0.39, 0.29) is 5.97 Å². The minimum atomic E-state index is -0.373. The van der Waals surface area contributed by atoms with Crippen molar-refractivity contribution in [2.75, 3.05) is 19.0 Å². The molecule has 0 fully saturated rings. The molecule has 0 aromatic heterocycles. The molecule has 0 spiro atoms. The highest BCUT2D eigenvalue weighted by molar-refractivity contribution is 6.32. The third-order valence-corrected chi connectivity index (χ3v) is 2.41. The highest BCUT2D eigenvalue weighted by atomic mass is 35.5. The van der Waals surface area contributed by atoms with Crippen LogP contribution < -0.4 is 10.1 Å². The fraction of sp³-hybridized carbons (Fsp3) is 0.308. The van der Waals surface area contributed by atoms with Gasteiger partial charge in [0, 0.05) is 17.5 Å². The number of hydrogen-bond acceptors (Lipinski definition) is 4. The van der Waals surface area contributed by atoms with Crippen molar-refractivity contribution in [3.63, 3.8) is 0 Å². The third kappa shape index (κ3) is 4.30. The monoisotopic (exact) mass is 269 g/mol. The van der Waals surface area contributed by atoms with Gasteiger partial charge in [-0.15, -0.1) is 0 Å². The average molecular weight is 270 g/mol. The van der Waals surface area contributed by atoms with Gasteiger partial charge >= 0.3 is 5.97 Å². The number of benzene rings is 1. The average Bonchev–Trinajstić information content (AvgIpc) is 2.29. The Morgan fingerprint density at radius 2 is 2.22 bits per heavy atom. The first-order chi connectivity index (χ1) is 8.56. The zero-order valence-corrected chi connectivity index (χ0v) is 11.4. The summed E-state index contributed by atoms with van der Waals surface area (Å²) in [6.07, 6.45) is 1.39. The second-order valence-electron chi connectivity index (χ2n) is 3.55. The zero-order chi connectivity index (χ0) is 13.5. The van der Waals surface area contributed by atoms with Crippen molar-refractivity contribution in [1.29, 1.82) is 0 Å². The highest BCUT2D eigenvalue weighted by Crippen LogP contribution is 2.27. The molecule has 0 aliphatic carbocycles. The molecule has 0 aliphatic heterocycles. The fourth-order valence-corrected chi connectivity index (χ4v) is 1.63. The van der Waals surface area contributed by atoms with E-state index in [1.54, 1.807) is 33.1 Å². The van der Waals surface area contributed by atoms with Crippen LogP contribution in [0.25, 0.3) is 0 Å². The molecule has 4 nitrogen and oxygen atoms in total. The highest BCUT2D eigenvalue weighted by Gasteiger charge is 2.03. The molecule has 0 amide bonds. The van der Waals surface area contributed by atoms with Gasteiger partial charge in [0.15, 0.2) is 0 Å². The van der Waals surface area contributed by atoms with Crippen LogP contribution in [0.2, 0.25) is 5.02 Å². The zero-order valence-electron chi connectivity index (χ0n) is 10.6. The number of carbonyl (C=O) groups is 1. The first-order valence-corrected chi connectivity index (χ1v) is 5.90. The molecule has 1 N–H and O–H groups in total. The lowest BCUT2D eigenvalue weighted by Crippen LogP contribution is -2.04. The van der Waals surface area contributed by atoms with Gasteiger partial charge in [0.05, 0.1) is 18.7 Å². The second kappa shape index (κ2) is 6.91. The summed E-state index contributed by atoms with van der Waals surface area (Å²) in [4.78, 5) is 11.2. The van der Waals surface area contributed by atoms with E-state index in [9.17, 15) is 4.79 Å². The maximum absolute atomic E-state index is 11.2. The Hall–Kier alpha value is -1.68. The lowest BCUT2D eigenvalue weighted by atomic mass is 10.3. The van der Waals surface area contributed by atoms with Crippen LogP contribution >= 0.6 is 11.6 Å². The number of rotatable bonds is 5. The Labute approximate surface area is 112 Å². The van der Waals surface area contributed by atoms with Crippen LogP contribution in [0.5, 0.6) is 5.75 Å². The first kappa shape index (κ1) is 14.4. The van der Waals surface area contributed by atoms with Gasteiger partial charge in [-0.05, 0) is 32.0 Å². The summed E-state index contributed by atoms with van der Waals surface area (Å²) in [7, 11) is 1.56. The number of allylic oxidation sites excluding steroid dienone is 1. The molecule has 0 saturated carbocycles. The standard InChI is InChI=1S/C13H16ClNO3/c1-4-18-13(16)7-9(2)15-10-5-6-12(17-3)11(14)8-10/h5-8,15H,4H2,1-3H3. The molecule has 1 rings (SSSR count). The number of methoxy groups -OCH3 is 1. The van der Waals surface area contributed by atoms with E-state index in [1.165, 1.54) is 6.08 Å². The predicted octanol–water partition coefficient (Wildman–Crippen LogP) is 3.23. The summed E-state index contributed by atoms with van der Waals surface area (Å²) < 4.78 is 9.86. The van der Waals surface area contributed by atoms with Crippen molar-refractivity contribution in [3.05, 3.63) is 35.0 Å². The van der Waals surface area contributed by atoms with E-state index in [0.717, 1.165) is 5.69 Å². The Bertz CT molecular complexity index is 458. The maximum Gasteiger partial charge on any atom is 0.332 e. The van der Waals surface area contributed by atoms with E-state index in [2.05, 4.69) is 5.32 Å². The molecule has 0 aliphatic rings. The van der Waals surface area contributed by atoms with Gasteiger partial charge in [0.25, 0.3) is 0 Å². The van der Waals surface area contributed by atoms with Crippen molar-refractivity contribution >= 4 is 23.3 Å². The van der Waals surface area contributed by atoms with Crippen LogP contribution in [0.15, 0.2) is 30.0 Å². The quantitative estimate of drug-likeness (QED) is 0.659. The summed E-state index contributed by atoms with van der Waals surface area (Å²) in [5.74, 6) is 0.233. The Kier molecular flexibility index (Phi) is 5.52. The lowest BCUT2D eigenvalue weighted by Gasteiger charge is -2.09. The number of nitrogens with one attached hydrogen (secondary N) is 1. The van der Waals surface area contributed by atoms with Gasteiger partial charge in [-0.1, -0.05) is 11.6 Å². The predicted molar refractivity (Wildman–Crippen MR) is 72.0 cm³/mol. The van der Waals surface area contributed by atoms with Crippen LogP contribution in [0.3, 0.4) is 0 Å². The minimum absolute atomic E-state index is 0.358. The molecular formula is C13H16ClNO3. The third-order valence-electron chi connectivity index (χ3n) is 2.11. The molecule has 1 aromatic carbocycles. The van der Waals surface area contributed by atoms with E-state index in [0.29, 0.717) is 23.1 Å². The molecule has 0 radical (unpaired) electrons. The molecule has 98 valence electrons. The number of hydrogen-bond donors (Lipinski definition) is 1. The van der Waals surface area contributed by atoms with Gasteiger partial charge in [0.2, 0.25) is 0 Å². The number of halogens is 1. The smallest absolute Gasteiger partial charge is 0.332 e. The van der Waals surface area contributed by atoms with Gasteiger partial charge < -0.3 is 14.8 Å². The summed E-state index contributed by atoms with van der Waals surface area (Å²) in [6.45, 7) is 3.89. The van der Waals surface area contributed by atoms with Crippen LogP contribution in [-0.2, 0) is 9.53 Å². The largest absolute Gasteiger partial charge is 0.495 e. The fourth-order valence-electron chi connectivity index (χ4n) is 1.37. The number of ether oxygens (including phenoxy) is 2. The summed E-state index contributed by atoms with van der Waals surface area (Å²) in [5.41, 5.74) is 1.45. The molecule has 0 atom stereocenters. The molecule has 0 bridgehead atoms. The van der Waals surface area contributed by atoms with Crippen molar-refractivity contribution in [1.82, 2.24) is 0 Å². The van der Waals surface area contributed by atoms with Crippen LogP contribution in [0.4, 0.5) is 5.69 Å². The molecule has 0 saturated heterocycles. The van der Waals surface area contributed by atoms with Crippen LogP contribution in [0, 0.1) is 0 Å². The summed E-state index contributed by atoms with van der Waals surface area (Å²) in [6, 6.07) is 5.29. The number of carbonyl (C=O) groups excluding carboxylic acids is 1. The number of esters is 1. The topological polar surface area (TPSA) is 47.6 Å². The van der Waals surface area contributed by atoms with Gasteiger partial charge in [0.1, 0.15) is 5.75 Å². The van der Waals surface area contributed by atoms with Gasteiger partial charge in [-0.3, -0.25) is 0 Å². The van der Waals surface area contributed by atoms with Crippen molar-refractivity contribution < 1.29 is 14.3 Å². The molecular weight excluding hydrogens is 254 g/mol. The van der Waals surface area contributed by atoms with Crippen LogP contribution in [0.1, 0.15) is 13.8 Å². The first-order valence-electron chi connectivity index (χ1n) is 5.52. The van der Waals surface area contributed by atoms with Gasteiger partial charge in [-0.2, -0.15) is 0 Å². The van der Waals surface area contributed by atoms with Crippen molar-refractivity contribution in [2.45, 2.75) is 13.8 Å². The van der Waals surface area contributed by atoms with Crippen molar-refractivity contribution in [3.8, 4) is 5.75 Å². The van der Waals surface area contributed by atoms with Gasteiger partial charge in [-0.25, -0.2) is 4.79 Å². The molecule has 1 aromatic rings. The van der Waals surface area contributed by atoms with Crippen molar-refractivity contribution in [2.24, 2.45) is 0 Å². The summed E-state index contributed by atoms with van der Waals surface area (Å²) in [5, 5.41) is 3.55. The normalized spacial score (nSPS) is 11.0. The molecule has 0 unspecified atom stereocenters. The Morgan fingerprint density at radius 1 is 1.50 bits per heavy atom. The maximum atomic E-state index is 11.2. The molecule has 0 heterocycles. The number of anilines is 1. The SMILES string of the molecule is CCOC(=O)C=C(C)Nc1ccc(OC)c(Cl)c1. The van der Waals surface area contributed by atoms with E-state index < -0.39 is 0 Å². The second-order valence-corrected chi connectivity index (χ2v) is 3.96. The molecule has 5 heteroatoms. The van der Waals surface area contributed by atoms with E-state index in [4.69, 9.17) is 21.1 Å². The Balaban J connectivity index is 2.73.